The molecule has 4 aromatic rings. The van der Waals surface area contributed by atoms with Gasteiger partial charge in [-0.1, -0.05) is 24.3 Å². The summed E-state index contributed by atoms with van der Waals surface area (Å²) in [4.78, 5) is 7.70. The summed E-state index contributed by atoms with van der Waals surface area (Å²) in [5, 5.41) is 13.2. The van der Waals surface area contributed by atoms with Crippen molar-refractivity contribution in [3.8, 4) is 17.2 Å². The molecule has 1 fully saturated rings. The van der Waals surface area contributed by atoms with Crippen LogP contribution in [0, 0.1) is 11.3 Å². The summed E-state index contributed by atoms with van der Waals surface area (Å²) in [6.45, 7) is 1.19. The van der Waals surface area contributed by atoms with Gasteiger partial charge in [0.2, 0.25) is 0 Å². The van der Waals surface area contributed by atoms with E-state index in [1.807, 2.05) is 46.8 Å². The molecule has 3 heterocycles. The summed E-state index contributed by atoms with van der Waals surface area (Å²) in [5.74, 6) is 0.402. The van der Waals surface area contributed by atoms with E-state index in [2.05, 4.69) is 21.4 Å². The minimum Gasteiger partial charge on any atom is -0.367 e. The highest BCUT2D eigenvalue weighted by atomic mass is 32.2. The molecule has 10 heteroatoms. The maximum Gasteiger partial charge on any atom is 0.417 e. The number of aromatic nitrogens is 2. The molecule has 0 saturated carbocycles. The van der Waals surface area contributed by atoms with Gasteiger partial charge in [-0.15, -0.1) is 0 Å². The number of piperidine rings is 1. The molecule has 0 amide bonds. The first-order chi connectivity index (χ1) is 17.3. The number of fused-ring (bicyclic) bond motifs is 1. The molecule has 0 bridgehead atoms. The third kappa shape index (κ3) is 4.98. The molecule has 0 aliphatic carbocycles. The first-order valence-electron chi connectivity index (χ1n) is 11.4. The number of pyridine rings is 1. The highest BCUT2D eigenvalue weighted by Gasteiger charge is 2.31. The number of halogens is 3. The molecule has 5 rings (SSSR count). The first kappa shape index (κ1) is 24.0. The van der Waals surface area contributed by atoms with Gasteiger partial charge in [-0.05, 0) is 54.3 Å². The maximum atomic E-state index is 13.1. The van der Waals surface area contributed by atoms with Gasteiger partial charge < -0.3 is 10.3 Å². The van der Waals surface area contributed by atoms with Gasteiger partial charge in [0.1, 0.15) is 22.9 Å². The van der Waals surface area contributed by atoms with Crippen molar-refractivity contribution < 1.29 is 17.4 Å². The van der Waals surface area contributed by atoms with E-state index in [1.165, 1.54) is 6.07 Å². The lowest BCUT2D eigenvalue weighted by molar-refractivity contribution is -0.137. The fourth-order valence-electron chi connectivity index (χ4n) is 4.33. The Labute approximate surface area is 208 Å². The number of H-pyrrole nitrogens is 1. The van der Waals surface area contributed by atoms with E-state index < -0.39 is 22.7 Å². The average molecular weight is 510 g/mol. The number of rotatable bonds is 5. The zero-order valence-corrected chi connectivity index (χ0v) is 19.9. The van der Waals surface area contributed by atoms with Crippen LogP contribution in [0.2, 0.25) is 0 Å². The Morgan fingerprint density at radius 2 is 1.78 bits per heavy atom. The Kier molecular flexibility index (Phi) is 6.51. The number of alkyl halides is 3. The maximum absolute atomic E-state index is 13.1. The molecule has 1 aliphatic heterocycles. The standard InChI is InChI=1S/C26H22F3N5OS/c27-26(28,29)20-4-8-25(32-16-20)33-21-9-11-34(12-10-21)36(35)22-5-1-17(2-6-22)18-3-7-23-19(14-30)15-31-24(23)13-18/h1-8,13,15-16,21,31H,9-12H2,(H,32,33). The Balaban J connectivity index is 1.19. The van der Waals surface area contributed by atoms with Crippen molar-refractivity contribution in [2.24, 2.45) is 0 Å². The molecule has 36 heavy (non-hydrogen) atoms. The van der Waals surface area contributed by atoms with E-state index in [1.54, 1.807) is 6.20 Å². The van der Waals surface area contributed by atoms with E-state index >= 15 is 0 Å². The summed E-state index contributed by atoms with van der Waals surface area (Å²) in [7, 11) is -1.31. The van der Waals surface area contributed by atoms with Gasteiger partial charge in [0.05, 0.1) is 16.0 Å². The SMILES string of the molecule is N#Cc1c[nH]c2cc(-c3ccc(S(=O)N4CCC(Nc5ccc(C(F)(F)F)cn5)CC4)cc3)ccc12. The number of benzene rings is 2. The van der Waals surface area contributed by atoms with Crippen molar-refractivity contribution in [2.45, 2.75) is 30.0 Å². The van der Waals surface area contributed by atoms with Gasteiger partial charge in [0.25, 0.3) is 0 Å². The second-order valence-corrected chi connectivity index (χ2v) is 10.1. The highest BCUT2D eigenvalue weighted by molar-refractivity contribution is 7.82. The minimum absolute atomic E-state index is 0.0503. The van der Waals surface area contributed by atoms with Crippen LogP contribution in [-0.2, 0) is 17.2 Å². The molecule has 2 aromatic carbocycles. The molecule has 0 radical (unpaired) electrons. The van der Waals surface area contributed by atoms with Gasteiger partial charge in [-0.2, -0.15) is 18.4 Å². The fraction of sp³-hybridized carbons (Fsp3) is 0.231. The largest absolute Gasteiger partial charge is 0.417 e. The summed E-state index contributed by atoms with van der Waals surface area (Å²) in [6, 6.07) is 18.1. The van der Waals surface area contributed by atoms with Crippen molar-refractivity contribution in [1.29, 1.82) is 5.26 Å². The van der Waals surface area contributed by atoms with Gasteiger partial charge in [0, 0.05) is 42.4 Å². The smallest absolute Gasteiger partial charge is 0.367 e. The van der Waals surface area contributed by atoms with Gasteiger partial charge in [-0.3, -0.25) is 0 Å². The van der Waals surface area contributed by atoms with Crippen LogP contribution in [0.4, 0.5) is 19.0 Å². The van der Waals surface area contributed by atoms with Gasteiger partial charge >= 0.3 is 6.18 Å². The summed E-state index contributed by atoms with van der Waals surface area (Å²) in [6.07, 6.45) is -0.479. The van der Waals surface area contributed by atoms with Crippen LogP contribution in [0.25, 0.3) is 22.0 Å². The zero-order valence-electron chi connectivity index (χ0n) is 19.0. The Morgan fingerprint density at radius 1 is 1.06 bits per heavy atom. The van der Waals surface area contributed by atoms with Crippen molar-refractivity contribution >= 4 is 27.7 Å². The molecular weight excluding hydrogens is 487 g/mol. The van der Waals surface area contributed by atoms with Crippen molar-refractivity contribution in [1.82, 2.24) is 14.3 Å². The molecule has 6 nitrogen and oxygen atoms in total. The number of hydrogen-bond acceptors (Lipinski definition) is 4. The van der Waals surface area contributed by atoms with E-state index in [-0.39, 0.29) is 6.04 Å². The Hall–Kier alpha value is -3.68. The third-order valence-electron chi connectivity index (χ3n) is 6.32. The predicted molar refractivity (Wildman–Crippen MR) is 132 cm³/mol. The molecule has 1 unspecified atom stereocenters. The second kappa shape index (κ2) is 9.76. The molecular formula is C26H22F3N5OS. The molecule has 1 atom stereocenters. The summed E-state index contributed by atoms with van der Waals surface area (Å²) in [5.41, 5.74) is 2.70. The molecule has 1 aliphatic rings. The van der Waals surface area contributed by atoms with E-state index in [4.69, 9.17) is 0 Å². The minimum atomic E-state index is -4.41. The number of anilines is 1. The molecule has 0 spiro atoms. The van der Waals surface area contributed by atoms with E-state index in [0.29, 0.717) is 42.2 Å². The van der Waals surface area contributed by atoms with Crippen molar-refractivity contribution in [3.05, 3.63) is 78.1 Å². The van der Waals surface area contributed by atoms with E-state index in [9.17, 15) is 22.6 Å². The topological polar surface area (TPSA) is 84.8 Å². The predicted octanol–water partition coefficient (Wildman–Crippen LogP) is 5.72. The van der Waals surface area contributed by atoms with Gasteiger partial charge in [0.15, 0.2) is 0 Å². The monoisotopic (exact) mass is 509 g/mol. The number of nitrogens with zero attached hydrogens (tertiary/aromatic N) is 3. The third-order valence-corrected chi connectivity index (χ3v) is 7.83. The van der Waals surface area contributed by atoms with Crippen molar-refractivity contribution in [3.63, 3.8) is 0 Å². The van der Waals surface area contributed by atoms with Crippen LogP contribution >= 0.6 is 0 Å². The number of nitriles is 1. The average Bonchev–Trinajstić information content (AvgIpc) is 3.31. The summed E-state index contributed by atoms with van der Waals surface area (Å²) >= 11 is 0. The van der Waals surface area contributed by atoms with Crippen LogP contribution in [-0.4, -0.2) is 37.6 Å². The van der Waals surface area contributed by atoms with Crippen LogP contribution in [0.15, 0.2) is 71.9 Å². The van der Waals surface area contributed by atoms with Crippen LogP contribution in [0.5, 0.6) is 0 Å². The van der Waals surface area contributed by atoms with E-state index in [0.717, 1.165) is 34.3 Å². The molecule has 2 N–H and O–H groups in total. The highest BCUT2D eigenvalue weighted by Crippen LogP contribution is 2.30. The van der Waals surface area contributed by atoms with Gasteiger partial charge in [-0.25, -0.2) is 13.5 Å². The zero-order chi connectivity index (χ0) is 25.3. The lowest BCUT2D eigenvalue weighted by atomic mass is 10.0. The fourth-order valence-corrected chi connectivity index (χ4v) is 5.54. The second-order valence-electron chi connectivity index (χ2n) is 8.63. The van der Waals surface area contributed by atoms with Crippen LogP contribution in [0.3, 0.4) is 0 Å². The summed E-state index contributed by atoms with van der Waals surface area (Å²) < 4.78 is 53.1. The quantitative estimate of drug-likeness (QED) is 0.360. The normalized spacial score (nSPS) is 16.1. The lowest BCUT2D eigenvalue weighted by Gasteiger charge is -2.31. The molecule has 184 valence electrons. The number of nitrogens with one attached hydrogen (secondary N) is 2. The van der Waals surface area contributed by atoms with Crippen molar-refractivity contribution in [2.75, 3.05) is 18.4 Å². The molecule has 2 aromatic heterocycles. The first-order valence-corrected chi connectivity index (χ1v) is 12.5. The number of hydrogen-bond donors (Lipinski definition) is 2. The Morgan fingerprint density at radius 3 is 2.42 bits per heavy atom. The Bertz CT molecular complexity index is 1430. The van der Waals surface area contributed by atoms with Crippen LogP contribution in [0.1, 0.15) is 24.0 Å². The molecule has 1 saturated heterocycles. The van der Waals surface area contributed by atoms with Crippen LogP contribution < -0.4 is 5.32 Å². The number of aromatic amines is 1. The lowest BCUT2D eigenvalue weighted by Crippen LogP contribution is -2.40.